The molecule has 0 fully saturated rings. The third-order valence-corrected chi connectivity index (χ3v) is 3.93. The first-order chi connectivity index (χ1) is 13.6. The highest BCUT2D eigenvalue weighted by atomic mass is 16.5. The number of hydrogen-bond donors (Lipinski definition) is 2. The zero-order valence-electron chi connectivity index (χ0n) is 15.3. The van der Waals surface area contributed by atoms with Crippen LogP contribution in [-0.2, 0) is 0 Å². The molecule has 2 amide bonds. The molecule has 0 aliphatic heterocycles. The van der Waals surface area contributed by atoms with E-state index in [0.717, 1.165) is 0 Å². The molecule has 2 N–H and O–H groups in total. The Balaban J connectivity index is 1.49. The molecule has 6 nitrogen and oxygen atoms in total. The van der Waals surface area contributed by atoms with Crippen LogP contribution in [0.1, 0.15) is 10.4 Å². The second-order valence-corrected chi connectivity index (χ2v) is 5.91. The molecule has 0 heterocycles. The lowest BCUT2D eigenvalue weighted by Gasteiger charge is -2.10. The summed E-state index contributed by atoms with van der Waals surface area (Å²) in [5.41, 5.74) is 1.86. The molecule has 0 bridgehead atoms. The van der Waals surface area contributed by atoms with E-state index in [9.17, 15) is 9.59 Å². The zero-order valence-corrected chi connectivity index (χ0v) is 15.3. The van der Waals surface area contributed by atoms with Crippen molar-refractivity contribution in [3.8, 4) is 11.5 Å². The number of nitrogens with one attached hydrogen (secondary N) is 2. The van der Waals surface area contributed by atoms with Crippen LogP contribution in [0.5, 0.6) is 11.5 Å². The van der Waals surface area contributed by atoms with Gasteiger partial charge in [-0.25, -0.2) is 4.79 Å². The molecule has 6 heteroatoms. The van der Waals surface area contributed by atoms with Crippen molar-refractivity contribution in [3.63, 3.8) is 0 Å². The van der Waals surface area contributed by atoms with E-state index in [1.54, 1.807) is 67.8 Å². The van der Waals surface area contributed by atoms with E-state index in [4.69, 9.17) is 9.47 Å². The maximum absolute atomic E-state index is 12.1. The molecular weight excluding hydrogens is 356 g/mol. The Hall–Kier alpha value is -3.80. The van der Waals surface area contributed by atoms with Crippen LogP contribution in [0.15, 0.2) is 78.9 Å². The smallest absolute Gasteiger partial charge is 0.323 e. The predicted molar refractivity (Wildman–Crippen MR) is 108 cm³/mol. The predicted octanol–water partition coefficient (Wildman–Crippen LogP) is 4.60. The summed E-state index contributed by atoms with van der Waals surface area (Å²) in [6, 6.07) is 22.4. The number of urea groups is 1. The van der Waals surface area contributed by atoms with Gasteiger partial charge in [-0.05, 0) is 48.5 Å². The zero-order chi connectivity index (χ0) is 19.8. The summed E-state index contributed by atoms with van der Waals surface area (Å²) in [5, 5.41) is 5.47. The van der Waals surface area contributed by atoms with Crippen LogP contribution >= 0.6 is 0 Å². The summed E-state index contributed by atoms with van der Waals surface area (Å²) in [5.74, 6) is 1.17. The summed E-state index contributed by atoms with van der Waals surface area (Å²) in [6.07, 6.45) is 0. The fourth-order valence-corrected chi connectivity index (χ4v) is 2.46. The number of ether oxygens (including phenoxy) is 2. The van der Waals surface area contributed by atoms with Gasteiger partial charge >= 0.3 is 6.03 Å². The summed E-state index contributed by atoms with van der Waals surface area (Å²) >= 11 is 0. The number of rotatable bonds is 7. The number of amides is 2. The van der Waals surface area contributed by atoms with Crippen molar-refractivity contribution in [1.82, 2.24) is 0 Å². The van der Waals surface area contributed by atoms with Crippen molar-refractivity contribution >= 4 is 23.2 Å². The molecule has 0 saturated carbocycles. The summed E-state index contributed by atoms with van der Waals surface area (Å²) in [6.45, 7) is -0.0469. The maximum atomic E-state index is 12.1. The van der Waals surface area contributed by atoms with E-state index in [0.29, 0.717) is 28.4 Å². The van der Waals surface area contributed by atoms with Gasteiger partial charge in [0, 0.05) is 16.9 Å². The Morgan fingerprint density at radius 2 is 1.29 bits per heavy atom. The monoisotopic (exact) mass is 376 g/mol. The molecule has 0 aliphatic rings. The topological polar surface area (TPSA) is 76.7 Å². The Bertz CT molecular complexity index is 923. The number of ketones is 1. The highest BCUT2D eigenvalue weighted by Crippen LogP contribution is 2.18. The van der Waals surface area contributed by atoms with Gasteiger partial charge in [0.05, 0.1) is 7.11 Å². The van der Waals surface area contributed by atoms with Gasteiger partial charge in [0.15, 0.2) is 12.4 Å². The number of anilines is 2. The lowest BCUT2D eigenvalue weighted by molar-refractivity contribution is 0.0921. The molecule has 0 aliphatic carbocycles. The normalized spacial score (nSPS) is 10.0. The number of Topliss-reactive ketones (excluding diaryl/α,β-unsaturated/α-hetero) is 1. The molecule has 0 atom stereocenters. The molecule has 3 aromatic rings. The second-order valence-electron chi connectivity index (χ2n) is 5.91. The van der Waals surface area contributed by atoms with Crippen LogP contribution in [0.4, 0.5) is 16.2 Å². The van der Waals surface area contributed by atoms with Gasteiger partial charge in [0.1, 0.15) is 11.5 Å². The first kappa shape index (κ1) is 19.0. The van der Waals surface area contributed by atoms with Gasteiger partial charge < -0.3 is 20.1 Å². The standard InChI is InChI=1S/C22H20N2O4/c1-27-19-11-7-17(8-12-19)23-22(26)24-18-9-13-20(14-10-18)28-15-21(25)16-5-3-2-4-6-16/h2-14H,15H2,1H3,(H2,23,24,26). The number of methoxy groups -OCH3 is 1. The van der Waals surface area contributed by atoms with Gasteiger partial charge in [-0.3, -0.25) is 4.79 Å². The summed E-state index contributed by atoms with van der Waals surface area (Å²) < 4.78 is 10.6. The Morgan fingerprint density at radius 3 is 1.82 bits per heavy atom. The average Bonchev–Trinajstić information content (AvgIpc) is 2.74. The van der Waals surface area contributed by atoms with Crippen LogP contribution < -0.4 is 20.1 Å². The van der Waals surface area contributed by atoms with Crippen LogP contribution in [-0.4, -0.2) is 25.5 Å². The third-order valence-electron chi connectivity index (χ3n) is 3.93. The van der Waals surface area contributed by atoms with E-state index in [-0.39, 0.29) is 18.4 Å². The Kier molecular flexibility index (Phi) is 6.25. The van der Waals surface area contributed by atoms with Crippen molar-refractivity contribution in [2.75, 3.05) is 24.4 Å². The quantitative estimate of drug-likeness (QED) is 0.591. The molecule has 0 radical (unpaired) electrons. The maximum Gasteiger partial charge on any atom is 0.323 e. The molecule has 0 aromatic heterocycles. The fraction of sp³-hybridized carbons (Fsp3) is 0.0909. The number of carbonyl (C=O) groups is 2. The minimum atomic E-state index is -0.363. The van der Waals surface area contributed by atoms with Crippen molar-refractivity contribution in [2.45, 2.75) is 0 Å². The number of benzene rings is 3. The van der Waals surface area contributed by atoms with Gasteiger partial charge in [0.25, 0.3) is 0 Å². The lowest BCUT2D eigenvalue weighted by Crippen LogP contribution is -2.19. The average molecular weight is 376 g/mol. The summed E-state index contributed by atoms with van der Waals surface area (Å²) in [7, 11) is 1.58. The minimum Gasteiger partial charge on any atom is -0.497 e. The highest BCUT2D eigenvalue weighted by molar-refractivity contribution is 5.99. The van der Waals surface area contributed by atoms with Crippen LogP contribution in [0.3, 0.4) is 0 Å². The second kappa shape index (κ2) is 9.23. The van der Waals surface area contributed by atoms with Crippen LogP contribution in [0.2, 0.25) is 0 Å². The highest BCUT2D eigenvalue weighted by Gasteiger charge is 2.07. The molecule has 3 aromatic carbocycles. The van der Waals surface area contributed by atoms with E-state index in [1.165, 1.54) is 0 Å². The van der Waals surface area contributed by atoms with Gasteiger partial charge in [-0.1, -0.05) is 30.3 Å². The van der Waals surface area contributed by atoms with E-state index in [1.807, 2.05) is 18.2 Å². The molecule has 0 spiro atoms. The first-order valence-electron chi connectivity index (χ1n) is 8.67. The van der Waals surface area contributed by atoms with Crippen molar-refractivity contribution in [2.24, 2.45) is 0 Å². The van der Waals surface area contributed by atoms with E-state index < -0.39 is 0 Å². The Morgan fingerprint density at radius 1 is 0.750 bits per heavy atom. The first-order valence-corrected chi connectivity index (χ1v) is 8.67. The van der Waals surface area contributed by atoms with Gasteiger partial charge in [-0.2, -0.15) is 0 Å². The number of carbonyl (C=O) groups excluding carboxylic acids is 2. The SMILES string of the molecule is COc1ccc(NC(=O)Nc2ccc(OCC(=O)c3ccccc3)cc2)cc1. The van der Waals surface area contributed by atoms with Crippen molar-refractivity contribution in [3.05, 3.63) is 84.4 Å². The molecule has 0 saturated heterocycles. The van der Waals surface area contributed by atoms with E-state index >= 15 is 0 Å². The lowest BCUT2D eigenvalue weighted by atomic mass is 10.1. The van der Waals surface area contributed by atoms with Crippen molar-refractivity contribution < 1.29 is 19.1 Å². The number of hydrogen-bond acceptors (Lipinski definition) is 4. The minimum absolute atomic E-state index is 0.0469. The Labute approximate surface area is 163 Å². The van der Waals surface area contributed by atoms with Gasteiger partial charge in [-0.15, -0.1) is 0 Å². The van der Waals surface area contributed by atoms with Crippen LogP contribution in [0, 0.1) is 0 Å². The fourth-order valence-electron chi connectivity index (χ4n) is 2.46. The summed E-state index contributed by atoms with van der Waals surface area (Å²) in [4.78, 5) is 24.1. The van der Waals surface area contributed by atoms with E-state index in [2.05, 4.69) is 10.6 Å². The van der Waals surface area contributed by atoms with Crippen molar-refractivity contribution in [1.29, 1.82) is 0 Å². The molecular formula is C22H20N2O4. The van der Waals surface area contributed by atoms with Gasteiger partial charge in [0.2, 0.25) is 0 Å². The van der Waals surface area contributed by atoms with Crippen LogP contribution in [0.25, 0.3) is 0 Å². The molecule has 28 heavy (non-hydrogen) atoms. The third kappa shape index (κ3) is 5.35. The molecule has 3 rings (SSSR count). The largest absolute Gasteiger partial charge is 0.497 e. The molecule has 142 valence electrons. The molecule has 0 unspecified atom stereocenters.